The molecule has 1 aliphatic heterocycles. The van der Waals surface area contributed by atoms with E-state index >= 15 is 0 Å². The molecule has 1 fully saturated rings. The summed E-state index contributed by atoms with van der Waals surface area (Å²) < 4.78 is 9.24. The number of hydrogen-bond acceptors (Lipinski definition) is 6. The average Bonchev–Trinajstić information content (AvgIpc) is 2.96. The van der Waals surface area contributed by atoms with Gasteiger partial charge in [-0.25, -0.2) is 4.79 Å². The molecular weight excluding hydrogens is 378 g/mol. The van der Waals surface area contributed by atoms with E-state index < -0.39 is 23.6 Å². The van der Waals surface area contributed by atoms with E-state index in [1.165, 1.54) is 0 Å². The van der Waals surface area contributed by atoms with Crippen molar-refractivity contribution in [2.45, 2.75) is 66.0 Å². The van der Waals surface area contributed by atoms with Crippen molar-refractivity contribution in [1.82, 2.24) is 16.0 Å². The zero-order chi connectivity index (χ0) is 23.0. The quantitative estimate of drug-likeness (QED) is 0.565. The first-order valence-electron chi connectivity index (χ1n) is 9.75. The first-order valence-corrected chi connectivity index (χ1v) is 9.75. The number of rotatable bonds is 6. The summed E-state index contributed by atoms with van der Waals surface area (Å²) in [4.78, 5) is 45.5. The van der Waals surface area contributed by atoms with Crippen LogP contribution in [0.25, 0.3) is 0 Å². The van der Waals surface area contributed by atoms with E-state index in [1.807, 2.05) is 0 Å². The van der Waals surface area contributed by atoms with Crippen LogP contribution in [0.15, 0.2) is 0 Å². The highest BCUT2D eigenvalue weighted by Crippen LogP contribution is 2.15. The van der Waals surface area contributed by atoms with Crippen LogP contribution in [-0.4, -0.2) is 63.1 Å². The lowest BCUT2D eigenvalue weighted by Crippen LogP contribution is -2.44. The first kappa shape index (κ1) is 29.0. The molecule has 9 heteroatoms. The fourth-order valence-electron chi connectivity index (χ4n) is 2.05. The molecule has 0 aromatic rings. The molecule has 170 valence electrons. The number of amides is 3. The molecule has 0 aromatic heterocycles. The predicted molar refractivity (Wildman–Crippen MR) is 111 cm³/mol. The second-order valence-corrected chi connectivity index (χ2v) is 8.32. The maximum absolute atomic E-state index is 11.7. The molecule has 0 radical (unpaired) electrons. The SMILES string of the molecule is CC(C)(C)OC(=O)NCC(=O)NC(C=O)CC1CCNC1=O.CC(C)C.COC. The van der Waals surface area contributed by atoms with Gasteiger partial charge in [0.15, 0.2) is 0 Å². The van der Waals surface area contributed by atoms with Crippen molar-refractivity contribution in [2.24, 2.45) is 11.8 Å². The first-order chi connectivity index (χ1) is 13.4. The molecule has 3 N–H and O–H groups in total. The molecule has 2 unspecified atom stereocenters. The van der Waals surface area contributed by atoms with Gasteiger partial charge in [-0.15, -0.1) is 0 Å². The Bertz CT molecular complexity index is 500. The molecule has 1 heterocycles. The molecule has 1 saturated heterocycles. The van der Waals surface area contributed by atoms with Gasteiger partial charge >= 0.3 is 6.09 Å². The highest BCUT2D eigenvalue weighted by atomic mass is 16.6. The van der Waals surface area contributed by atoms with Crippen LogP contribution in [0, 0.1) is 11.8 Å². The Labute approximate surface area is 174 Å². The van der Waals surface area contributed by atoms with Crippen LogP contribution in [0.5, 0.6) is 0 Å². The lowest BCUT2D eigenvalue weighted by atomic mass is 9.99. The van der Waals surface area contributed by atoms with Crippen LogP contribution in [-0.2, 0) is 23.9 Å². The second kappa shape index (κ2) is 15.7. The van der Waals surface area contributed by atoms with Gasteiger partial charge in [0.05, 0.1) is 6.04 Å². The molecule has 9 nitrogen and oxygen atoms in total. The highest BCUT2D eigenvalue weighted by Gasteiger charge is 2.27. The molecular formula is C20H39N3O6. The number of carbonyl (C=O) groups excluding carboxylic acids is 4. The van der Waals surface area contributed by atoms with Gasteiger partial charge in [-0.1, -0.05) is 20.8 Å². The Hall–Kier alpha value is -2.16. The Morgan fingerprint density at radius 1 is 1.24 bits per heavy atom. The molecule has 1 aliphatic rings. The minimum atomic E-state index is -0.748. The van der Waals surface area contributed by atoms with Crippen molar-refractivity contribution in [2.75, 3.05) is 27.3 Å². The van der Waals surface area contributed by atoms with Gasteiger partial charge in [-0.2, -0.15) is 0 Å². The minimum Gasteiger partial charge on any atom is -0.444 e. The van der Waals surface area contributed by atoms with Crippen molar-refractivity contribution in [1.29, 1.82) is 0 Å². The number of hydrogen-bond donors (Lipinski definition) is 3. The number of alkyl carbamates (subject to hydrolysis) is 1. The van der Waals surface area contributed by atoms with E-state index in [4.69, 9.17) is 4.74 Å². The van der Waals surface area contributed by atoms with E-state index in [0.717, 1.165) is 5.92 Å². The van der Waals surface area contributed by atoms with Gasteiger partial charge < -0.3 is 30.2 Å². The third-order valence-electron chi connectivity index (χ3n) is 3.00. The fourth-order valence-corrected chi connectivity index (χ4v) is 2.05. The van der Waals surface area contributed by atoms with E-state index in [9.17, 15) is 19.2 Å². The van der Waals surface area contributed by atoms with Crippen LogP contribution < -0.4 is 16.0 Å². The summed E-state index contributed by atoms with van der Waals surface area (Å²) >= 11 is 0. The lowest BCUT2D eigenvalue weighted by Gasteiger charge is -2.20. The van der Waals surface area contributed by atoms with E-state index in [-0.39, 0.29) is 24.8 Å². The third-order valence-corrected chi connectivity index (χ3v) is 3.00. The minimum absolute atomic E-state index is 0.104. The standard InChI is InChI=1S/C14H23N3O5.C4H10.C2H6O/c1-14(2,3)22-13(21)16-7-11(19)17-10(8-18)6-9-4-5-15-12(9)20;1-4(2)3;1-3-2/h8-10H,4-7H2,1-3H3,(H,15,20)(H,16,21)(H,17,19);4H,1-3H3;1-2H3. The lowest BCUT2D eigenvalue weighted by molar-refractivity contribution is -0.125. The Morgan fingerprint density at radius 3 is 2.14 bits per heavy atom. The summed E-state index contributed by atoms with van der Waals surface area (Å²) in [5.41, 5.74) is -0.651. The van der Waals surface area contributed by atoms with Crippen molar-refractivity contribution in [3.63, 3.8) is 0 Å². The molecule has 0 saturated carbocycles. The highest BCUT2D eigenvalue weighted by molar-refractivity contribution is 5.85. The van der Waals surface area contributed by atoms with Crippen molar-refractivity contribution >= 4 is 24.2 Å². The van der Waals surface area contributed by atoms with Crippen LogP contribution in [0.2, 0.25) is 0 Å². The molecule has 0 bridgehead atoms. The average molecular weight is 418 g/mol. The van der Waals surface area contributed by atoms with Gasteiger partial charge in [-0.05, 0) is 39.5 Å². The van der Waals surface area contributed by atoms with Crippen LogP contribution in [0.1, 0.15) is 54.4 Å². The molecule has 0 spiro atoms. The van der Waals surface area contributed by atoms with Gasteiger partial charge in [-0.3, -0.25) is 9.59 Å². The van der Waals surface area contributed by atoms with Gasteiger partial charge in [0, 0.05) is 26.7 Å². The fraction of sp³-hybridized carbons (Fsp3) is 0.800. The normalized spacial score (nSPS) is 16.3. The molecule has 1 rings (SSSR count). The second-order valence-electron chi connectivity index (χ2n) is 8.32. The summed E-state index contributed by atoms with van der Waals surface area (Å²) in [5.74, 6) is -0.0522. The molecule has 2 atom stereocenters. The van der Waals surface area contributed by atoms with E-state index in [0.29, 0.717) is 19.3 Å². The van der Waals surface area contributed by atoms with E-state index in [1.54, 1.807) is 35.0 Å². The van der Waals surface area contributed by atoms with Gasteiger partial charge in [0.2, 0.25) is 11.8 Å². The van der Waals surface area contributed by atoms with Crippen LogP contribution in [0.4, 0.5) is 4.79 Å². The van der Waals surface area contributed by atoms with Crippen molar-refractivity contribution in [3.05, 3.63) is 0 Å². The van der Waals surface area contributed by atoms with Gasteiger partial charge in [0.25, 0.3) is 0 Å². The maximum atomic E-state index is 11.7. The number of carbonyl (C=O) groups is 4. The molecule has 29 heavy (non-hydrogen) atoms. The largest absolute Gasteiger partial charge is 0.444 e. The van der Waals surface area contributed by atoms with Crippen LogP contribution >= 0.6 is 0 Å². The summed E-state index contributed by atoms with van der Waals surface area (Å²) in [6, 6.07) is -0.748. The summed E-state index contributed by atoms with van der Waals surface area (Å²) in [5, 5.41) is 7.45. The number of nitrogens with one attached hydrogen (secondary N) is 3. The monoisotopic (exact) mass is 417 g/mol. The molecule has 3 amide bonds. The molecule has 0 aliphatic carbocycles. The third kappa shape index (κ3) is 18.9. The van der Waals surface area contributed by atoms with E-state index in [2.05, 4.69) is 41.5 Å². The zero-order valence-corrected chi connectivity index (χ0v) is 19.1. The predicted octanol–water partition coefficient (Wildman–Crippen LogP) is 1.65. The number of methoxy groups -OCH3 is 1. The van der Waals surface area contributed by atoms with Crippen LogP contribution in [0.3, 0.4) is 0 Å². The Morgan fingerprint density at radius 2 is 1.76 bits per heavy atom. The number of aldehydes is 1. The summed E-state index contributed by atoms with van der Waals surface area (Å²) in [6.07, 6.45) is 0.792. The van der Waals surface area contributed by atoms with Crippen molar-refractivity contribution < 1.29 is 28.7 Å². The van der Waals surface area contributed by atoms with Gasteiger partial charge in [0.1, 0.15) is 18.4 Å². The topological polar surface area (TPSA) is 123 Å². The Kier molecular flexibility index (Phi) is 15.8. The maximum Gasteiger partial charge on any atom is 0.408 e. The zero-order valence-electron chi connectivity index (χ0n) is 19.1. The summed E-state index contributed by atoms with van der Waals surface area (Å²) in [6.45, 7) is 11.9. The number of ether oxygens (including phenoxy) is 2. The van der Waals surface area contributed by atoms with Crippen molar-refractivity contribution in [3.8, 4) is 0 Å². The summed E-state index contributed by atoms with van der Waals surface area (Å²) in [7, 11) is 3.25. The molecule has 0 aromatic carbocycles. The Balaban J connectivity index is 0. The smallest absolute Gasteiger partial charge is 0.408 e.